The van der Waals surface area contributed by atoms with Crippen LogP contribution in [0.2, 0.25) is 0 Å². The molecule has 0 saturated heterocycles. The summed E-state index contributed by atoms with van der Waals surface area (Å²) in [6, 6.07) is 0. The zero-order valence-corrected chi connectivity index (χ0v) is 17.8. The first kappa shape index (κ1) is 25.4. The topological polar surface area (TPSA) is 69.7 Å². The Morgan fingerprint density at radius 1 is 0.654 bits per heavy atom. The summed E-state index contributed by atoms with van der Waals surface area (Å²) in [4.78, 5) is 10.6. The van der Waals surface area contributed by atoms with E-state index in [9.17, 15) is 13.2 Å². The van der Waals surface area contributed by atoms with E-state index in [-0.39, 0.29) is 6.61 Å². The normalized spacial score (nSPS) is 11.6. The van der Waals surface area contributed by atoms with Crippen molar-refractivity contribution in [3.05, 3.63) is 0 Å². The van der Waals surface area contributed by atoms with E-state index >= 15 is 0 Å². The lowest BCUT2D eigenvalue weighted by atomic mass is 10.0. The van der Waals surface area contributed by atoms with E-state index in [0.717, 1.165) is 19.8 Å². The van der Waals surface area contributed by atoms with E-state index in [1.807, 2.05) is 0 Å². The second-order valence-electron chi connectivity index (χ2n) is 7.11. The van der Waals surface area contributed by atoms with Gasteiger partial charge in [-0.1, -0.05) is 103 Å². The average Bonchev–Trinajstić information content (AvgIpc) is 2.56. The molecule has 0 bridgehead atoms. The minimum Gasteiger partial charge on any atom is -0.325 e. The van der Waals surface area contributed by atoms with Crippen molar-refractivity contribution >= 4 is 16.4 Å². The molecule has 0 aliphatic rings. The van der Waals surface area contributed by atoms with Crippen LogP contribution in [0.25, 0.3) is 0 Å². The molecule has 156 valence electrons. The Kier molecular flexibility index (Phi) is 17.4. The lowest BCUT2D eigenvalue weighted by Gasteiger charge is -2.05. The zero-order chi connectivity index (χ0) is 19.5. The molecule has 26 heavy (non-hydrogen) atoms. The van der Waals surface area contributed by atoms with Gasteiger partial charge in [0, 0.05) is 6.92 Å². The third-order valence-electron chi connectivity index (χ3n) is 4.44. The van der Waals surface area contributed by atoms with Crippen LogP contribution in [-0.4, -0.2) is 21.0 Å². The van der Waals surface area contributed by atoms with Crippen LogP contribution in [0, 0.1) is 0 Å². The summed E-state index contributed by atoms with van der Waals surface area (Å²) in [5, 5.41) is 0. The highest BCUT2D eigenvalue weighted by Crippen LogP contribution is 2.13. The van der Waals surface area contributed by atoms with Crippen LogP contribution in [0.4, 0.5) is 0 Å². The molecule has 6 heteroatoms. The molecule has 5 nitrogen and oxygen atoms in total. The van der Waals surface area contributed by atoms with Gasteiger partial charge in [0.15, 0.2) is 0 Å². The van der Waals surface area contributed by atoms with Gasteiger partial charge in [-0.05, 0) is 6.42 Å². The number of hydrogen-bond donors (Lipinski definition) is 0. The van der Waals surface area contributed by atoms with Crippen molar-refractivity contribution in [3.8, 4) is 0 Å². The van der Waals surface area contributed by atoms with Crippen molar-refractivity contribution < 1.29 is 21.6 Å². The molecule has 0 heterocycles. The molecule has 0 rings (SSSR count). The van der Waals surface area contributed by atoms with Gasteiger partial charge in [0.2, 0.25) is 0 Å². The molecule has 0 unspecified atom stereocenters. The Morgan fingerprint density at radius 2 is 1.00 bits per heavy atom. The van der Waals surface area contributed by atoms with E-state index < -0.39 is 16.4 Å². The van der Waals surface area contributed by atoms with Crippen LogP contribution in [-0.2, 0) is 23.6 Å². The Hall–Kier alpha value is -0.620. The van der Waals surface area contributed by atoms with Gasteiger partial charge < -0.3 is 4.18 Å². The Labute approximate surface area is 161 Å². The molecule has 0 saturated carbocycles. The Bertz CT molecular complexity index is 420. The fourth-order valence-electron chi connectivity index (χ4n) is 2.98. The van der Waals surface area contributed by atoms with Crippen molar-refractivity contribution in [2.45, 2.75) is 117 Å². The number of hydrogen-bond acceptors (Lipinski definition) is 5. The molecule has 0 aliphatic heterocycles. The van der Waals surface area contributed by atoms with Crippen LogP contribution in [0.5, 0.6) is 0 Å². The third-order valence-corrected chi connectivity index (χ3v) is 5.34. The van der Waals surface area contributed by atoms with Gasteiger partial charge >= 0.3 is 16.4 Å². The van der Waals surface area contributed by atoms with Crippen LogP contribution in [0.1, 0.15) is 117 Å². The van der Waals surface area contributed by atoms with Gasteiger partial charge in [-0.15, -0.1) is 0 Å². The fraction of sp³-hybridized carbons (Fsp3) is 0.950. The monoisotopic (exact) mass is 392 g/mol. The van der Waals surface area contributed by atoms with Gasteiger partial charge in [0.25, 0.3) is 0 Å². The number of carbonyl (C=O) groups is 1. The molecule has 0 radical (unpaired) electrons. The summed E-state index contributed by atoms with van der Waals surface area (Å²) in [5.74, 6) is -0.878. The second kappa shape index (κ2) is 17.8. The highest BCUT2D eigenvalue weighted by atomic mass is 32.3. The molecule has 0 aromatic heterocycles. The quantitative estimate of drug-likeness (QED) is 0.249. The summed E-state index contributed by atoms with van der Waals surface area (Å²) >= 11 is 0. The molecule has 0 fully saturated rings. The van der Waals surface area contributed by atoms with Gasteiger partial charge in [-0.2, -0.15) is 8.42 Å². The van der Waals surface area contributed by atoms with Crippen LogP contribution < -0.4 is 0 Å². The lowest BCUT2D eigenvalue weighted by Crippen LogP contribution is -2.14. The van der Waals surface area contributed by atoms with Gasteiger partial charge in [0.1, 0.15) is 0 Å². The molecule has 0 N–H and O–H groups in total. The van der Waals surface area contributed by atoms with Gasteiger partial charge in [-0.25, -0.2) is 4.18 Å². The smallest absolute Gasteiger partial charge is 0.325 e. The maximum Gasteiger partial charge on any atom is 0.451 e. The highest BCUT2D eigenvalue weighted by molar-refractivity contribution is 7.82. The molecule has 0 aromatic rings. The summed E-state index contributed by atoms with van der Waals surface area (Å²) in [6.07, 6.45) is 20.2. The molecule has 0 amide bonds. The van der Waals surface area contributed by atoms with Crippen LogP contribution in [0.3, 0.4) is 0 Å². The van der Waals surface area contributed by atoms with Gasteiger partial charge in [-0.3, -0.25) is 4.79 Å². The molecule has 0 spiro atoms. The molecular weight excluding hydrogens is 352 g/mol. The standard InChI is InChI=1S/C20H40O5S/c1-3-4-5-6-7-8-9-10-11-12-13-14-15-16-17-18-19-24-26(22,23)25-20(2)21/h3-19H2,1-2H3. The highest BCUT2D eigenvalue weighted by Gasteiger charge is 2.14. The third kappa shape index (κ3) is 19.7. The van der Waals surface area contributed by atoms with E-state index in [1.165, 1.54) is 83.5 Å². The van der Waals surface area contributed by atoms with Crippen molar-refractivity contribution in [2.75, 3.05) is 6.61 Å². The molecule has 0 aromatic carbocycles. The number of carbonyl (C=O) groups excluding carboxylic acids is 1. The predicted molar refractivity (Wildman–Crippen MR) is 106 cm³/mol. The summed E-state index contributed by atoms with van der Waals surface area (Å²) in [6.45, 7) is 3.37. The summed E-state index contributed by atoms with van der Waals surface area (Å²) in [5.41, 5.74) is 0. The van der Waals surface area contributed by atoms with Crippen molar-refractivity contribution in [2.24, 2.45) is 0 Å². The Balaban J connectivity index is 3.19. The van der Waals surface area contributed by atoms with Crippen molar-refractivity contribution in [1.29, 1.82) is 0 Å². The lowest BCUT2D eigenvalue weighted by molar-refractivity contribution is -0.132. The second-order valence-corrected chi connectivity index (χ2v) is 8.33. The van der Waals surface area contributed by atoms with Gasteiger partial charge in [0.05, 0.1) is 6.61 Å². The molecular formula is C20H40O5S. The molecule has 0 aliphatic carbocycles. The maximum atomic E-state index is 11.1. The fourth-order valence-corrected chi connectivity index (χ4v) is 3.64. The van der Waals surface area contributed by atoms with E-state index in [4.69, 9.17) is 0 Å². The van der Waals surface area contributed by atoms with Crippen molar-refractivity contribution in [3.63, 3.8) is 0 Å². The predicted octanol–water partition coefficient (Wildman–Crippen LogP) is 6.07. The summed E-state index contributed by atoms with van der Waals surface area (Å²) in [7, 11) is -4.15. The first-order chi connectivity index (χ1) is 12.5. The first-order valence-electron chi connectivity index (χ1n) is 10.6. The van der Waals surface area contributed by atoms with E-state index in [0.29, 0.717) is 6.42 Å². The average molecular weight is 393 g/mol. The number of rotatable bonds is 19. The van der Waals surface area contributed by atoms with E-state index in [1.54, 1.807) is 0 Å². The zero-order valence-electron chi connectivity index (χ0n) is 17.0. The molecule has 0 atom stereocenters. The SMILES string of the molecule is CCCCCCCCCCCCCCCCCCOS(=O)(=O)OC(C)=O. The Morgan fingerprint density at radius 3 is 1.35 bits per heavy atom. The minimum absolute atomic E-state index is 0.0774. The number of unbranched alkanes of at least 4 members (excludes halogenated alkanes) is 15. The van der Waals surface area contributed by atoms with Crippen LogP contribution in [0.15, 0.2) is 0 Å². The van der Waals surface area contributed by atoms with Crippen LogP contribution >= 0.6 is 0 Å². The minimum atomic E-state index is -4.15. The van der Waals surface area contributed by atoms with E-state index in [2.05, 4.69) is 15.3 Å². The largest absolute Gasteiger partial charge is 0.451 e. The maximum absolute atomic E-state index is 11.1. The first-order valence-corrected chi connectivity index (χ1v) is 11.9. The summed E-state index contributed by atoms with van der Waals surface area (Å²) < 4.78 is 30.9. The van der Waals surface area contributed by atoms with Crippen molar-refractivity contribution in [1.82, 2.24) is 0 Å².